The maximum atomic E-state index is 12.5. The number of unbranched alkanes of at least 4 members (excludes halogenated alkanes) is 61. The average molecular weight is 1190 g/mol. The molecule has 1 amide bonds. The Hall–Kier alpha value is -1.40. The summed E-state index contributed by atoms with van der Waals surface area (Å²) in [7, 11) is 0. The Labute approximate surface area is 527 Å². The van der Waals surface area contributed by atoms with Crippen molar-refractivity contribution < 1.29 is 24.5 Å². The molecule has 2 atom stereocenters. The van der Waals surface area contributed by atoms with Crippen LogP contribution in [0.1, 0.15) is 450 Å². The van der Waals surface area contributed by atoms with Crippen molar-refractivity contribution in [3.63, 3.8) is 0 Å². The fourth-order valence-electron chi connectivity index (χ4n) is 12.6. The van der Waals surface area contributed by atoms with E-state index in [9.17, 15) is 19.8 Å². The number of aliphatic hydroxyl groups is 2. The second-order valence-corrected chi connectivity index (χ2v) is 27.0. The van der Waals surface area contributed by atoms with Gasteiger partial charge in [-0.25, -0.2) is 0 Å². The van der Waals surface area contributed by atoms with Crippen molar-refractivity contribution in [3.8, 4) is 0 Å². The van der Waals surface area contributed by atoms with Crippen LogP contribution in [-0.4, -0.2) is 47.4 Å². The smallest absolute Gasteiger partial charge is 0.305 e. The third-order valence-corrected chi connectivity index (χ3v) is 18.6. The second-order valence-electron chi connectivity index (χ2n) is 27.0. The minimum absolute atomic E-state index is 0.0208. The van der Waals surface area contributed by atoms with E-state index in [4.69, 9.17) is 4.74 Å². The first-order chi connectivity index (χ1) is 41.5. The molecule has 0 saturated carbocycles. The number of nitrogens with one attached hydrogen (secondary N) is 1. The average Bonchev–Trinajstić information content (AvgIpc) is 3.54. The molecule has 84 heavy (non-hydrogen) atoms. The van der Waals surface area contributed by atoms with Gasteiger partial charge in [-0.05, 0) is 51.4 Å². The van der Waals surface area contributed by atoms with Gasteiger partial charge in [0.25, 0.3) is 0 Å². The van der Waals surface area contributed by atoms with E-state index in [2.05, 4.69) is 31.3 Å². The molecule has 0 aromatic rings. The first-order valence-corrected chi connectivity index (χ1v) is 38.9. The highest BCUT2D eigenvalue weighted by molar-refractivity contribution is 5.76. The van der Waals surface area contributed by atoms with Crippen molar-refractivity contribution in [2.45, 2.75) is 463 Å². The standard InChI is InChI=1S/C78H153NO5/c1-3-5-7-9-11-13-15-17-19-20-41-44-48-52-56-60-64-68-72-78(83)84-73-69-65-61-57-53-49-45-42-39-37-35-33-31-29-27-25-23-21-22-24-26-28-30-32-34-36-38-40-43-47-51-55-59-63-67-71-77(82)79-75(74-80)76(81)70-66-62-58-54-50-46-18-16-14-12-10-8-6-4-2/h19-20,75-76,80-81H,3-18,21-74H2,1-2H3,(H,79,82)/b20-19-. The molecule has 0 spiro atoms. The van der Waals surface area contributed by atoms with Crippen LogP contribution in [0.4, 0.5) is 0 Å². The molecule has 0 aliphatic heterocycles. The quantitative estimate of drug-likeness (QED) is 0.0320. The third-order valence-electron chi connectivity index (χ3n) is 18.6. The van der Waals surface area contributed by atoms with Gasteiger partial charge in [0.15, 0.2) is 0 Å². The number of allylic oxidation sites excluding steroid dienone is 2. The lowest BCUT2D eigenvalue weighted by Crippen LogP contribution is -2.45. The lowest BCUT2D eigenvalue weighted by Gasteiger charge is -2.22. The van der Waals surface area contributed by atoms with Gasteiger partial charge < -0.3 is 20.3 Å². The van der Waals surface area contributed by atoms with Crippen LogP contribution in [0.5, 0.6) is 0 Å². The Morgan fingerprint density at radius 3 is 0.845 bits per heavy atom. The van der Waals surface area contributed by atoms with Crippen LogP contribution in [0, 0.1) is 0 Å². The molecule has 0 bridgehead atoms. The maximum Gasteiger partial charge on any atom is 0.305 e. The first kappa shape index (κ1) is 82.6. The van der Waals surface area contributed by atoms with Gasteiger partial charge in [-0.15, -0.1) is 0 Å². The molecule has 0 aliphatic carbocycles. The van der Waals surface area contributed by atoms with E-state index < -0.39 is 12.1 Å². The molecule has 6 heteroatoms. The van der Waals surface area contributed by atoms with Crippen molar-refractivity contribution in [1.29, 1.82) is 0 Å². The van der Waals surface area contributed by atoms with Crippen molar-refractivity contribution in [2.75, 3.05) is 13.2 Å². The SMILES string of the molecule is CCCCCCCCC/C=C\CCCCCCCCCC(=O)OCCCCCCCCCCCCCCCCCCCCCCCCCCCCCCCCCCCCCC(=O)NC(CO)C(O)CCCCCCCCCCCCCCCC. The number of ether oxygens (including phenoxy) is 1. The van der Waals surface area contributed by atoms with Gasteiger partial charge in [0, 0.05) is 12.8 Å². The van der Waals surface area contributed by atoms with E-state index in [1.54, 1.807) is 0 Å². The Bertz CT molecular complexity index is 1270. The molecule has 0 aromatic heterocycles. The lowest BCUT2D eigenvalue weighted by atomic mass is 10.0. The third kappa shape index (κ3) is 69.7. The molecule has 2 unspecified atom stereocenters. The largest absolute Gasteiger partial charge is 0.466 e. The molecule has 0 radical (unpaired) electrons. The number of hydrogen-bond donors (Lipinski definition) is 3. The van der Waals surface area contributed by atoms with Crippen LogP contribution in [0.25, 0.3) is 0 Å². The maximum absolute atomic E-state index is 12.5. The summed E-state index contributed by atoms with van der Waals surface area (Å²) in [4.78, 5) is 24.6. The van der Waals surface area contributed by atoms with E-state index in [0.717, 1.165) is 38.5 Å². The van der Waals surface area contributed by atoms with Gasteiger partial charge in [-0.3, -0.25) is 9.59 Å². The summed E-state index contributed by atoms with van der Waals surface area (Å²) in [5, 5.41) is 23.3. The molecule has 0 aliphatic rings. The van der Waals surface area contributed by atoms with E-state index in [1.165, 1.54) is 379 Å². The highest BCUT2D eigenvalue weighted by atomic mass is 16.5. The topological polar surface area (TPSA) is 95.9 Å². The Kier molecular flexibility index (Phi) is 72.8. The van der Waals surface area contributed by atoms with Crippen molar-refractivity contribution in [2.24, 2.45) is 0 Å². The number of rotatable bonds is 74. The second kappa shape index (κ2) is 74.1. The molecular formula is C78H153NO5. The molecule has 6 nitrogen and oxygen atoms in total. The van der Waals surface area contributed by atoms with Crippen molar-refractivity contribution >= 4 is 11.9 Å². The van der Waals surface area contributed by atoms with Gasteiger partial charge in [-0.2, -0.15) is 0 Å². The predicted molar refractivity (Wildman–Crippen MR) is 370 cm³/mol. The minimum Gasteiger partial charge on any atom is -0.466 e. The van der Waals surface area contributed by atoms with Crippen LogP contribution in [0.15, 0.2) is 12.2 Å². The zero-order valence-corrected chi connectivity index (χ0v) is 57.4. The van der Waals surface area contributed by atoms with Crippen molar-refractivity contribution in [1.82, 2.24) is 5.32 Å². The molecule has 0 rings (SSSR count). The molecule has 500 valence electrons. The molecule has 0 fully saturated rings. The fraction of sp³-hybridized carbons (Fsp3) is 0.949. The van der Waals surface area contributed by atoms with E-state index in [1.807, 2.05) is 0 Å². The van der Waals surface area contributed by atoms with Crippen LogP contribution in [0.2, 0.25) is 0 Å². The molecule has 0 heterocycles. The number of hydrogen-bond acceptors (Lipinski definition) is 5. The van der Waals surface area contributed by atoms with Gasteiger partial charge in [0.1, 0.15) is 0 Å². The minimum atomic E-state index is -0.659. The van der Waals surface area contributed by atoms with Crippen LogP contribution in [0.3, 0.4) is 0 Å². The van der Waals surface area contributed by atoms with Crippen LogP contribution in [-0.2, 0) is 14.3 Å². The highest BCUT2D eigenvalue weighted by Gasteiger charge is 2.20. The fourth-order valence-corrected chi connectivity index (χ4v) is 12.6. The number of carbonyl (C=O) groups excluding carboxylic acids is 2. The zero-order chi connectivity index (χ0) is 60.6. The van der Waals surface area contributed by atoms with Gasteiger partial charge in [-0.1, -0.05) is 398 Å². The Morgan fingerprint density at radius 1 is 0.321 bits per heavy atom. The summed E-state index contributed by atoms with van der Waals surface area (Å²) in [5.74, 6) is -0.00546. The molecular weight excluding hydrogens is 1030 g/mol. The van der Waals surface area contributed by atoms with Crippen molar-refractivity contribution in [3.05, 3.63) is 12.2 Å². The molecule has 3 N–H and O–H groups in total. The number of amides is 1. The summed E-state index contributed by atoms with van der Waals surface area (Å²) in [6.45, 7) is 5.00. The number of esters is 1. The van der Waals surface area contributed by atoms with E-state index >= 15 is 0 Å². The first-order valence-electron chi connectivity index (χ1n) is 38.9. The highest BCUT2D eigenvalue weighted by Crippen LogP contribution is 2.20. The summed E-state index contributed by atoms with van der Waals surface area (Å²) in [6.07, 6.45) is 93.1. The Balaban J connectivity index is 3.28. The molecule has 0 aromatic carbocycles. The van der Waals surface area contributed by atoms with Gasteiger partial charge in [0.2, 0.25) is 5.91 Å². The van der Waals surface area contributed by atoms with Gasteiger partial charge in [0.05, 0.1) is 25.4 Å². The summed E-state index contributed by atoms with van der Waals surface area (Å²) < 4.78 is 5.51. The van der Waals surface area contributed by atoms with Gasteiger partial charge >= 0.3 is 5.97 Å². The predicted octanol–water partition coefficient (Wildman–Crippen LogP) is 25.5. The number of aliphatic hydroxyl groups excluding tert-OH is 2. The zero-order valence-electron chi connectivity index (χ0n) is 57.4. The van der Waals surface area contributed by atoms with E-state index in [-0.39, 0.29) is 18.5 Å². The number of carbonyl (C=O) groups is 2. The van der Waals surface area contributed by atoms with Crippen LogP contribution >= 0.6 is 0 Å². The summed E-state index contributed by atoms with van der Waals surface area (Å²) >= 11 is 0. The summed E-state index contributed by atoms with van der Waals surface area (Å²) in [5.41, 5.74) is 0. The Morgan fingerprint density at radius 2 is 0.560 bits per heavy atom. The summed E-state index contributed by atoms with van der Waals surface area (Å²) in [6, 6.07) is -0.536. The van der Waals surface area contributed by atoms with Crippen LogP contribution < -0.4 is 5.32 Å². The molecule has 0 saturated heterocycles. The van der Waals surface area contributed by atoms with E-state index in [0.29, 0.717) is 25.9 Å². The monoisotopic (exact) mass is 1180 g/mol. The normalized spacial score (nSPS) is 12.5. The lowest BCUT2D eigenvalue weighted by molar-refractivity contribution is -0.143.